The van der Waals surface area contributed by atoms with Gasteiger partial charge in [-0.25, -0.2) is 8.42 Å². The molecule has 1 N–H and O–H groups in total. The van der Waals surface area contributed by atoms with Crippen molar-refractivity contribution in [1.29, 1.82) is 0 Å². The molecule has 1 aliphatic heterocycles. The molecule has 4 rings (SSSR count). The molecule has 1 saturated heterocycles. The van der Waals surface area contributed by atoms with Crippen LogP contribution in [0.3, 0.4) is 0 Å². The SMILES string of the molecule is Cc1ccc(S(=O)(=O)N2CCC(Cc3ccccc3)CC2)cc1C(=O)NC1CCCCC1. The molecule has 0 radical (unpaired) electrons. The van der Waals surface area contributed by atoms with E-state index in [0.717, 1.165) is 50.5 Å². The van der Waals surface area contributed by atoms with Crippen LogP contribution in [-0.2, 0) is 16.4 Å². The van der Waals surface area contributed by atoms with Crippen molar-refractivity contribution < 1.29 is 13.2 Å². The van der Waals surface area contributed by atoms with Crippen LogP contribution in [0.15, 0.2) is 53.4 Å². The number of sulfonamides is 1. The lowest BCUT2D eigenvalue weighted by Gasteiger charge is -2.31. The summed E-state index contributed by atoms with van der Waals surface area (Å²) in [5.41, 5.74) is 2.58. The molecule has 0 atom stereocenters. The third-order valence-corrected chi connectivity index (χ3v) is 8.87. The average molecular weight is 455 g/mol. The third kappa shape index (κ3) is 5.41. The van der Waals surface area contributed by atoms with E-state index in [1.165, 1.54) is 12.0 Å². The number of carbonyl (C=O) groups is 1. The minimum atomic E-state index is -3.61. The first kappa shape index (κ1) is 23.0. The van der Waals surface area contributed by atoms with Crippen molar-refractivity contribution in [2.75, 3.05) is 13.1 Å². The monoisotopic (exact) mass is 454 g/mol. The number of piperidine rings is 1. The van der Waals surface area contributed by atoms with Crippen molar-refractivity contribution in [2.45, 2.75) is 69.2 Å². The van der Waals surface area contributed by atoms with Crippen LogP contribution in [0.5, 0.6) is 0 Å². The second-order valence-corrected chi connectivity index (χ2v) is 11.3. The van der Waals surface area contributed by atoms with Crippen LogP contribution in [0.1, 0.15) is 66.4 Å². The molecule has 0 aromatic heterocycles. The Morgan fingerprint density at radius 1 is 0.969 bits per heavy atom. The van der Waals surface area contributed by atoms with Gasteiger partial charge >= 0.3 is 0 Å². The van der Waals surface area contributed by atoms with Gasteiger partial charge in [0.25, 0.3) is 5.91 Å². The van der Waals surface area contributed by atoms with Gasteiger partial charge in [0.2, 0.25) is 10.0 Å². The Labute approximate surface area is 192 Å². The first-order chi connectivity index (χ1) is 15.4. The minimum absolute atomic E-state index is 0.159. The van der Waals surface area contributed by atoms with E-state index in [1.807, 2.05) is 25.1 Å². The summed E-state index contributed by atoms with van der Waals surface area (Å²) < 4.78 is 28.2. The van der Waals surface area contributed by atoms with Gasteiger partial charge in [-0.15, -0.1) is 0 Å². The Balaban J connectivity index is 1.42. The summed E-state index contributed by atoms with van der Waals surface area (Å²) in [5.74, 6) is 0.340. The number of benzene rings is 2. The highest BCUT2D eigenvalue weighted by Crippen LogP contribution is 2.27. The molecule has 32 heavy (non-hydrogen) atoms. The number of rotatable bonds is 6. The smallest absolute Gasteiger partial charge is 0.251 e. The molecule has 172 valence electrons. The molecule has 2 aromatic rings. The number of hydrogen-bond acceptors (Lipinski definition) is 3. The molecule has 0 unspecified atom stereocenters. The molecule has 1 heterocycles. The zero-order chi connectivity index (χ0) is 22.6. The summed E-state index contributed by atoms with van der Waals surface area (Å²) in [5, 5.41) is 3.12. The molecule has 6 heteroatoms. The number of carbonyl (C=O) groups excluding carboxylic acids is 1. The van der Waals surface area contributed by atoms with Crippen molar-refractivity contribution in [3.05, 3.63) is 65.2 Å². The van der Waals surface area contributed by atoms with Crippen molar-refractivity contribution in [1.82, 2.24) is 9.62 Å². The minimum Gasteiger partial charge on any atom is -0.349 e. The van der Waals surface area contributed by atoms with Crippen LogP contribution in [0.2, 0.25) is 0 Å². The fourth-order valence-electron chi connectivity index (χ4n) is 4.97. The van der Waals surface area contributed by atoms with Gasteiger partial charge in [-0.3, -0.25) is 4.79 Å². The van der Waals surface area contributed by atoms with E-state index in [0.29, 0.717) is 24.6 Å². The molecular weight excluding hydrogens is 420 g/mol. The van der Waals surface area contributed by atoms with E-state index in [1.54, 1.807) is 22.5 Å². The Kier molecular flexibility index (Phi) is 7.31. The second-order valence-electron chi connectivity index (χ2n) is 9.32. The zero-order valence-corrected chi connectivity index (χ0v) is 19.7. The summed E-state index contributed by atoms with van der Waals surface area (Å²) in [6.07, 6.45) is 8.20. The van der Waals surface area contributed by atoms with Crippen molar-refractivity contribution >= 4 is 15.9 Å². The van der Waals surface area contributed by atoms with E-state index >= 15 is 0 Å². The first-order valence-electron chi connectivity index (χ1n) is 11.9. The average Bonchev–Trinajstić information content (AvgIpc) is 2.81. The van der Waals surface area contributed by atoms with E-state index < -0.39 is 10.0 Å². The van der Waals surface area contributed by atoms with Gasteiger partial charge in [-0.05, 0) is 68.2 Å². The number of nitrogens with zero attached hydrogens (tertiary/aromatic N) is 1. The number of hydrogen-bond donors (Lipinski definition) is 1. The van der Waals surface area contributed by atoms with Crippen LogP contribution in [-0.4, -0.2) is 37.8 Å². The maximum atomic E-state index is 13.3. The van der Waals surface area contributed by atoms with E-state index in [2.05, 4.69) is 17.4 Å². The summed E-state index contributed by atoms with van der Waals surface area (Å²) in [7, 11) is -3.61. The normalized spacial score (nSPS) is 19.0. The van der Waals surface area contributed by atoms with Gasteiger partial charge in [-0.2, -0.15) is 4.31 Å². The lowest BCUT2D eigenvalue weighted by molar-refractivity contribution is 0.0927. The maximum absolute atomic E-state index is 13.3. The number of amides is 1. The summed E-state index contributed by atoms with van der Waals surface area (Å²) in [4.78, 5) is 13.1. The third-order valence-electron chi connectivity index (χ3n) is 6.97. The van der Waals surface area contributed by atoms with Crippen LogP contribution >= 0.6 is 0 Å². The highest BCUT2D eigenvalue weighted by Gasteiger charge is 2.30. The van der Waals surface area contributed by atoms with E-state index in [4.69, 9.17) is 0 Å². The topological polar surface area (TPSA) is 66.5 Å². The second kappa shape index (κ2) is 10.2. The fourth-order valence-corrected chi connectivity index (χ4v) is 6.46. The summed E-state index contributed by atoms with van der Waals surface area (Å²) in [6.45, 7) is 2.91. The highest BCUT2D eigenvalue weighted by atomic mass is 32.2. The molecular formula is C26H34N2O3S. The summed E-state index contributed by atoms with van der Waals surface area (Å²) in [6, 6.07) is 15.5. The van der Waals surface area contributed by atoms with Crippen LogP contribution in [0.25, 0.3) is 0 Å². The van der Waals surface area contributed by atoms with Gasteiger partial charge in [0, 0.05) is 24.7 Å². The van der Waals surface area contributed by atoms with Gasteiger partial charge in [0.1, 0.15) is 0 Å². The molecule has 1 aliphatic carbocycles. The Morgan fingerprint density at radius 2 is 1.66 bits per heavy atom. The molecule has 2 aromatic carbocycles. The van der Waals surface area contributed by atoms with E-state index in [9.17, 15) is 13.2 Å². The molecule has 1 amide bonds. The molecule has 2 fully saturated rings. The Morgan fingerprint density at radius 3 is 2.34 bits per heavy atom. The molecule has 0 spiro atoms. The fraction of sp³-hybridized carbons (Fsp3) is 0.500. The molecule has 1 saturated carbocycles. The molecule has 5 nitrogen and oxygen atoms in total. The standard InChI is InChI=1S/C26H34N2O3S/c1-20-12-13-24(19-25(20)26(29)27-23-10-6-3-7-11-23)32(30,31)28-16-14-22(15-17-28)18-21-8-4-2-5-9-21/h2,4-5,8-9,12-13,19,22-23H,3,6-7,10-11,14-18H2,1H3,(H,27,29). The molecule has 0 bridgehead atoms. The largest absolute Gasteiger partial charge is 0.349 e. The van der Waals surface area contributed by atoms with Gasteiger partial charge in [0.05, 0.1) is 4.90 Å². The van der Waals surface area contributed by atoms with Crippen LogP contribution in [0.4, 0.5) is 0 Å². The van der Waals surface area contributed by atoms with Crippen molar-refractivity contribution in [2.24, 2.45) is 5.92 Å². The Hall–Kier alpha value is -2.18. The zero-order valence-electron chi connectivity index (χ0n) is 18.9. The first-order valence-corrected chi connectivity index (χ1v) is 13.3. The van der Waals surface area contributed by atoms with Crippen LogP contribution in [0, 0.1) is 12.8 Å². The van der Waals surface area contributed by atoms with Crippen molar-refractivity contribution in [3.8, 4) is 0 Å². The highest BCUT2D eigenvalue weighted by molar-refractivity contribution is 7.89. The predicted molar refractivity (Wildman–Crippen MR) is 127 cm³/mol. The Bertz CT molecular complexity index is 1020. The number of nitrogens with one attached hydrogen (secondary N) is 1. The lowest BCUT2D eigenvalue weighted by Crippen LogP contribution is -2.39. The quantitative estimate of drug-likeness (QED) is 0.688. The summed E-state index contributed by atoms with van der Waals surface area (Å²) >= 11 is 0. The van der Waals surface area contributed by atoms with Gasteiger partial charge in [0.15, 0.2) is 0 Å². The van der Waals surface area contributed by atoms with E-state index in [-0.39, 0.29) is 16.8 Å². The molecule has 2 aliphatic rings. The van der Waals surface area contributed by atoms with Gasteiger partial charge < -0.3 is 5.32 Å². The predicted octanol–water partition coefficient (Wildman–Crippen LogP) is 4.70. The number of aryl methyl sites for hydroxylation is 1. The maximum Gasteiger partial charge on any atom is 0.251 e. The van der Waals surface area contributed by atoms with Crippen molar-refractivity contribution in [3.63, 3.8) is 0 Å². The lowest BCUT2D eigenvalue weighted by atomic mass is 9.91. The van der Waals surface area contributed by atoms with Gasteiger partial charge in [-0.1, -0.05) is 55.7 Å². The van der Waals surface area contributed by atoms with Crippen LogP contribution < -0.4 is 5.32 Å².